The summed E-state index contributed by atoms with van der Waals surface area (Å²) in [6.45, 7) is 1.81. The Morgan fingerprint density at radius 3 is 2.61 bits per heavy atom. The number of fused-ring (bicyclic) bond motifs is 1. The molecule has 2 aliphatic heterocycles. The van der Waals surface area contributed by atoms with Crippen LogP contribution in [-0.4, -0.2) is 76.6 Å². The zero-order valence-electron chi connectivity index (χ0n) is 19.0. The van der Waals surface area contributed by atoms with Crippen molar-refractivity contribution in [2.45, 2.75) is 49.1 Å². The molecule has 0 bridgehead atoms. The highest BCUT2D eigenvalue weighted by atomic mass is 32.2. The van der Waals surface area contributed by atoms with E-state index in [9.17, 15) is 18.0 Å². The number of sulfonamides is 1. The lowest BCUT2D eigenvalue weighted by Gasteiger charge is -2.41. The van der Waals surface area contributed by atoms with E-state index in [1.807, 2.05) is 0 Å². The van der Waals surface area contributed by atoms with E-state index in [0.717, 1.165) is 25.7 Å². The van der Waals surface area contributed by atoms with Crippen molar-refractivity contribution in [2.75, 3.05) is 40.0 Å². The fraction of sp³-hybridized carbons (Fsp3) is 0.652. The molecule has 0 spiro atoms. The standard InChI is InChI=1S/C23H33N3O6S/c1-31-19-5-2-17-14-18(23(28)25-21(17)15-19)8-9-24-22(27)16-3-6-20(7-4-16)33(29,30)26-10-12-32-13-11-26/h3-4,6-7,17-19,21H,2,5,8-15H2,1H3,(H,24,27)(H,25,28). The van der Waals surface area contributed by atoms with Crippen LogP contribution in [0.3, 0.4) is 0 Å². The van der Waals surface area contributed by atoms with Gasteiger partial charge in [-0.15, -0.1) is 0 Å². The first-order valence-electron chi connectivity index (χ1n) is 11.7. The van der Waals surface area contributed by atoms with E-state index < -0.39 is 10.0 Å². The third-order valence-corrected chi connectivity index (χ3v) is 8.98. The normalized spacial score (nSPS) is 28.6. The van der Waals surface area contributed by atoms with E-state index in [1.54, 1.807) is 7.11 Å². The van der Waals surface area contributed by atoms with Crippen LogP contribution in [0.25, 0.3) is 0 Å². The molecule has 3 fully saturated rings. The largest absolute Gasteiger partial charge is 0.381 e. The van der Waals surface area contributed by atoms with Gasteiger partial charge in [0.2, 0.25) is 15.9 Å². The zero-order valence-corrected chi connectivity index (χ0v) is 19.8. The molecule has 10 heteroatoms. The first-order valence-corrected chi connectivity index (χ1v) is 13.1. The van der Waals surface area contributed by atoms with Crippen molar-refractivity contribution < 1.29 is 27.5 Å². The van der Waals surface area contributed by atoms with Crippen LogP contribution in [0.5, 0.6) is 0 Å². The van der Waals surface area contributed by atoms with Crippen LogP contribution < -0.4 is 10.6 Å². The summed E-state index contributed by atoms with van der Waals surface area (Å²) in [5, 5.41) is 6.01. The van der Waals surface area contributed by atoms with E-state index in [0.29, 0.717) is 50.8 Å². The number of hydrogen-bond donors (Lipinski definition) is 2. The van der Waals surface area contributed by atoms with Crippen LogP contribution in [0.4, 0.5) is 0 Å². The smallest absolute Gasteiger partial charge is 0.251 e. The second-order valence-corrected chi connectivity index (χ2v) is 11.0. The Hall–Kier alpha value is -2.01. The van der Waals surface area contributed by atoms with Gasteiger partial charge in [-0.1, -0.05) is 0 Å². The van der Waals surface area contributed by atoms with E-state index in [1.165, 1.54) is 28.6 Å². The number of carbonyl (C=O) groups is 2. The number of benzene rings is 1. The molecule has 1 aromatic carbocycles. The number of carbonyl (C=O) groups excluding carboxylic acids is 2. The van der Waals surface area contributed by atoms with Gasteiger partial charge in [-0.25, -0.2) is 8.42 Å². The summed E-state index contributed by atoms with van der Waals surface area (Å²) in [5.41, 5.74) is 0.391. The Morgan fingerprint density at radius 1 is 1.18 bits per heavy atom. The maximum absolute atomic E-state index is 12.7. The lowest BCUT2D eigenvalue weighted by molar-refractivity contribution is -0.131. The molecule has 9 nitrogen and oxygen atoms in total. The molecule has 4 rings (SSSR count). The van der Waals surface area contributed by atoms with Crippen molar-refractivity contribution in [1.29, 1.82) is 0 Å². The highest BCUT2D eigenvalue weighted by Gasteiger charge is 2.39. The Morgan fingerprint density at radius 2 is 1.91 bits per heavy atom. The van der Waals surface area contributed by atoms with Gasteiger partial charge in [0.1, 0.15) is 0 Å². The number of methoxy groups -OCH3 is 1. The summed E-state index contributed by atoms with van der Waals surface area (Å²) in [4.78, 5) is 25.2. The summed E-state index contributed by atoms with van der Waals surface area (Å²) < 4.78 is 37.5. The molecule has 2 saturated heterocycles. The topological polar surface area (TPSA) is 114 Å². The fourth-order valence-electron chi connectivity index (χ4n) is 5.07. The molecule has 4 unspecified atom stereocenters. The molecule has 1 saturated carbocycles. The van der Waals surface area contributed by atoms with Crippen molar-refractivity contribution >= 4 is 21.8 Å². The van der Waals surface area contributed by atoms with Gasteiger partial charge >= 0.3 is 0 Å². The minimum absolute atomic E-state index is 0.0555. The molecule has 1 aliphatic carbocycles. The second kappa shape index (κ2) is 10.5. The van der Waals surface area contributed by atoms with Gasteiger partial charge in [0.15, 0.2) is 0 Å². The summed E-state index contributed by atoms with van der Waals surface area (Å²) >= 11 is 0. The van der Waals surface area contributed by atoms with Gasteiger partial charge in [0, 0.05) is 44.3 Å². The SMILES string of the molecule is COC1CCC2CC(CCNC(=O)c3ccc(S(=O)(=O)N4CCOCC4)cc3)C(=O)NC2C1. The molecule has 2 amide bonds. The number of hydrogen-bond acceptors (Lipinski definition) is 6. The van der Waals surface area contributed by atoms with Crippen LogP contribution in [0.1, 0.15) is 42.5 Å². The van der Waals surface area contributed by atoms with Crippen molar-refractivity contribution in [3.05, 3.63) is 29.8 Å². The minimum atomic E-state index is -3.59. The molecular weight excluding hydrogens is 446 g/mol. The maximum Gasteiger partial charge on any atom is 0.251 e. The number of morpholine rings is 1. The molecule has 2 heterocycles. The van der Waals surface area contributed by atoms with Crippen molar-refractivity contribution in [3.63, 3.8) is 0 Å². The molecule has 3 aliphatic rings. The molecule has 0 aromatic heterocycles. The minimum Gasteiger partial charge on any atom is -0.381 e. The molecule has 33 heavy (non-hydrogen) atoms. The average Bonchev–Trinajstić information content (AvgIpc) is 2.84. The Labute approximate surface area is 195 Å². The van der Waals surface area contributed by atoms with Crippen molar-refractivity contribution in [1.82, 2.24) is 14.9 Å². The summed E-state index contributed by atoms with van der Waals surface area (Å²) in [7, 11) is -1.87. The van der Waals surface area contributed by atoms with Crippen molar-refractivity contribution in [2.24, 2.45) is 11.8 Å². The number of piperidine rings is 1. The molecular formula is C23H33N3O6S. The Balaban J connectivity index is 1.26. The number of amides is 2. The van der Waals surface area contributed by atoms with Crippen molar-refractivity contribution in [3.8, 4) is 0 Å². The van der Waals surface area contributed by atoms with E-state index in [2.05, 4.69) is 10.6 Å². The van der Waals surface area contributed by atoms with Gasteiger partial charge in [-0.05, 0) is 62.3 Å². The van der Waals surface area contributed by atoms with E-state index in [4.69, 9.17) is 9.47 Å². The monoisotopic (exact) mass is 479 g/mol. The predicted octanol–water partition coefficient (Wildman–Crippen LogP) is 1.15. The highest BCUT2D eigenvalue weighted by Crippen LogP contribution is 2.35. The third kappa shape index (κ3) is 5.56. The average molecular weight is 480 g/mol. The van der Waals surface area contributed by atoms with Crippen LogP contribution in [0.15, 0.2) is 29.2 Å². The molecule has 4 atom stereocenters. The van der Waals surface area contributed by atoms with Crippen LogP contribution in [-0.2, 0) is 24.3 Å². The molecule has 2 N–H and O–H groups in total. The van der Waals surface area contributed by atoms with Gasteiger partial charge in [-0.2, -0.15) is 4.31 Å². The van der Waals surface area contributed by atoms with Gasteiger partial charge in [0.25, 0.3) is 5.91 Å². The summed E-state index contributed by atoms with van der Waals surface area (Å²) in [5.74, 6) is 0.141. The van der Waals surface area contributed by atoms with Crippen LogP contribution in [0, 0.1) is 11.8 Å². The zero-order chi connectivity index (χ0) is 23.4. The lowest BCUT2D eigenvalue weighted by atomic mass is 9.74. The summed E-state index contributed by atoms with van der Waals surface area (Å²) in [6, 6.07) is 6.16. The predicted molar refractivity (Wildman–Crippen MR) is 121 cm³/mol. The molecule has 0 radical (unpaired) electrons. The number of ether oxygens (including phenoxy) is 2. The Bertz CT molecular complexity index is 945. The van der Waals surface area contributed by atoms with E-state index >= 15 is 0 Å². The first-order chi connectivity index (χ1) is 15.9. The quantitative estimate of drug-likeness (QED) is 0.606. The molecule has 1 aromatic rings. The van der Waals surface area contributed by atoms with Gasteiger partial charge < -0.3 is 20.1 Å². The van der Waals surface area contributed by atoms with Crippen LogP contribution >= 0.6 is 0 Å². The van der Waals surface area contributed by atoms with Crippen LogP contribution in [0.2, 0.25) is 0 Å². The summed E-state index contributed by atoms with van der Waals surface area (Å²) in [6.07, 6.45) is 4.58. The number of rotatable bonds is 7. The maximum atomic E-state index is 12.7. The fourth-order valence-corrected chi connectivity index (χ4v) is 6.47. The van der Waals surface area contributed by atoms with E-state index in [-0.39, 0.29) is 34.8 Å². The number of nitrogens with zero attached hydrogens (tertiary/aromatic N) is 1. The number of nitrogens with one attached hydrogen (secondary N) is 2. The van der Waals surface area contributed by atoms with Gasteiger partial charge in [0.05, 0.1) is 24.2 Å². The lowest BCUT2D eigenvalue weighted by Crippen LogP contribution is -2.53. The first kappa shape index (κ1) is 24.1. The second-order valence-electron chi connectivity index (χ2n) is 9.06. The Kier molecular flexibility index (Phi) is 7.68. The molecule has 182 valence electrons. The van der Waals surface area contributed by atoms with Gasteiger partial charge in [-0.3, -0.25) is 9.59 Å². The third-order valence-electron chi connectivity index (χ3n) is 7.07. The highest BCUT2D eigenvalue weighted by molar-refractivity contribution is 7.89.